The van der Waals surface area contributed by atoms with E-state index in [0.717, 1.165) is 0 Å². The highest BCUT2D eigenvalue weighted by Gasteiger charge is 2.24. The molecule has 0 amide bonds. The highest BCUT2D eigenvalue weighted by molar-refractivity contribution is 7.86. The van der Waals surface area contributed by atoms with E-state index in [1.165, 1.54) is 0 Å². The Bertz CT molecular complexity index is 603. The maximum atomic E-state index is 10.7. The standard InChI is InChI=1S/C6H6O8S2/c7-4-1-3(15(9,10)11)2-5(8)6(4)16(12,13)14/h1-2,7-8H,(H,9,10,11)(H,12,13,14). The summed E-state index contributed by atoms with van der Waals surface area (Å²) in [6.07, 6.45) is 0. The number of hydrogen-bond acceptors (Lipinski definition) is 6. The Morgan fingerprint density at radius 3 is 1.44 bits per heavy atom. The Balaban J connectivity index is 3.66. The van der Waals surface area contributed by atoms with E-state index in [4.69, 9.17) is 19.3 Å². The minimum atomic E-state index is -4.90. The maximum absolute atomic E-state index is 10.7. The van der Waals surface area contributed by atoms with Crippen LogP contribution in [0.2, 0.25) is 0 Å². The molecular formula is C6H6O8S2. The van der Waals surface area contributed by atoms with Gasteiger partial charge in [0.1, 0.15) is 16.4 Å². The number of aromatic hydroxyl groups is 2. The zero-order valence-corrected chi connectivity index (χ0v) is 9.03. The van der Waals surface area contributed by atoms with Gasteiger partial charge in [0.05, 0.1) is 0 Å². The topological polar surface area (TPSA) is 149 Å². The van der Waals surface area contributed by atoms with Gasteiger partial charge in [0.2, 0.25) is 0 Å². The van der Waals surface area contributed by atoms with Gasteiger partial charge in [-0.3, -0.25) is 9.11 Å². The number of rotatable bonds is 2. The molecule has 16 heavy (non-hydrogen) atoms. The molecule has 0 aliphatic rings. The second-order valence-corrected chi connectivity index (χ2v) is 5.52. The Labute approximate surface area is 90.3 Å². The van der Waals surface area contributed by atoms with E-state index in [2.05, 4.69) is 0 Å². The lowest BCUT2D eigenvalue weighted by atomic mass is 10.3. The lowest BCUT2D eigenvalue weighted by Gasteiger charge is -2.05. The van der Waals surface area contributed by atoms with Crippen LogP contribution in [0.1, 0.15) is 0 Å². The van der Waals surface area contributed by atoms with Crippen molar-refractivity contribution in [3.63, 3.8) is 0 Å². The number of hydrogen-bond donors (Lipinski definition) is 4. The molecule has 0 fully saturated rings. The Morgan fingerprint density at radius 1 is 0.812 bits per heavy atom. The van der Waals surface area contributed by atoms with Crippen LogP contribution in [-0.2, 0) is 20.2 Å². The van der Waals surface area contributed by atoms with Gasteiger partial charge in [0, 0.05) is 12.1 Å². The first-order chi connectivity index (χ1) is 7.03. The van der Waals surface area contributed by atoms with Gasteiger partial charge < -0.3 is 10.2 Å². The SMILES string of the molecule is O=S(=O)(O)c1cc(O)c(S(=O)(=O)O)c(O)c1. The summed E-state index contributed by atoms with van der Waals surface area (Å²) < 4.78 is 59.7. The van der Waals surface area contributed by atoms with Gasteiger partial charge in [0.15, 0.2) is 4.90 Å². The average molecular weight is 270 g/mol. The molecule has 0 heterocycles. The Morgan fingerprint density at radius 2 is 1.19 bits per heavy atom. The van der Waals surface area contributed by atoms with Crippen molar-refractivity contribution >= 4 is 20.2 Å². The molecule has 1 aromatic rings. The third-order valence-electron chi connectivity index (χ3n) is 1.58. The van der Waals surface area contributed by atoms with Crippen molar-refractivity contribution in [3.8, 4) is 11.5 Å². The molecule has 0 radical (unpaired) electrons. The van der Waals surface area contributed by atoms with Crippen molar-refractivity contribution in [1.29, 1.82) is 0 Å². The van der Waals surface area contributed by atoms with Crippen LogP contribution in [0.15, 0.2) is 21.9 Å². The molecule has 4 N–H and O–H groups in total. The van der Waals surface area contributed by atoms with Crippen LogP contribution >= 0.6 is 0 Å². The normalized spacial score (nSPS) is 12.6. The number of phenolic OH excluding ortho intramolecular Hbond substituents is 2. The molecule has 0 unspecified atom stereocenters. The van der Waals surface area contributed by atoms with Gasteiger partial charge in [-0.25, -0.2) is 0 Å². The van der Waals surface area contributed by atoms with Crippen molar-refractivity contribution in [2.45, 2.75) is 9.79 Å². The second-order valence-electron chi connectivity index (χ2n) is 2.74. The second kappa shape index (κ2) is 3.59. The van der Waals surface area contributed by atoms with E-state index < -0.39 is 41.5 Å². The Hall–Kier alpha value is -1.36. The molecule has 0 aliphatic heterocycles. The Kier molecular flexibility index (Phi) is 2.85. The molecule has 8 nitrogen and oxygen atoms in total. The van der Waals surface area contributed by atoms with Crippen molar-refractivity contribution < 1.29 is 36.2 Å². The summed E-state index contributed by atoms with van der Waals surface area (Å²) in [6.45, 7) is 0. The fraction of sp³-hybridized carbons (Fsp3) is 0. The molecule has 0 aromatic heterocycles. The highest BCUT2D eigenvalue weighted by atomic mass is 32.2. The predicted octanol–water partition coefficient (Wildman–Crippen LogP) is -0.409. The summed E-state index contributed by atoms with van der Waals surface area (Å²) in [7, 11) is -9.61. The molecule has 10 heteroatoms. The van der Waals surface area contributed by atoms with Gasteiger partial charge in [-0.1, -0.05) is 0 Å². The van der Waals surface area contributed by atoms with Gasteiger partial charge in [-0.2, -0.15) is 16.8 Å². The molecule has 0 spiro atoms. The van der Waals surface area contributed by atoms with Crippen LogP contribution in [0.25, 0.3) is 0 Å². The third-order valence-corrected chi connectivity index (χ3v) is 3.34. The van der Waals surface area contributed by atoms with E-state index in [0.29, 0.717) is 12.1 Å². The first-order valence-electron chi connectivity index (χ1n) is 3.54. The largest absolute Gasteiger partial charge is 0.506 e. The number of phenols is 2. The van der Waals surface area contributed by atoms with Gasteiger partial charge in [-0.05, 0) is 0 Å². The van der Waals surface area contributed by atoms with Crippen molar-refractivity contribution in [2.75, 3.05) is 0 Å². The van der Waals surface area contributed by atoms with Crippen molar-refractivity contribution in [2.24, 2.45) is 0 Å². The minimum absolute atomic E-state index is 0.373. The van der Waals surface area contributed by atoms with Gasteiger partial charge >= 0.3 is 10.1 Å². The monoisotopic (exact) mass is 270 g/mol. The van der Waals surface area contributed by atoms with E-state index in [1.807, 2.05) is 0 Å². The molecule has 1 aromatic carbocycles. The van der Waals surface area contributed by atoms with Gasteiger partial charge in [-0.15, -0.1) is 0 Å². The lowest BCUT2D eigenvalue weighted by molar-refractivity contribution is 0.405. The van der Waals surface area contributed by atoms with Crippen LogP contribution < -0.4 is 0 Å². The zero-order chi connectivity index (χ0) is 12.7. The van der Waals surface area contributed by atoms with E-state index in [1.54, 1.807) is 0 Å². The molecular weight excluding hydrogens is 264 g/mol. The van der Waals surface area contributed by atoms with Crippen LogP contribution in [0.4, 0.5) is 0 Å². The lowest BCUT2D eigenvalue weighted by Crippen LogP contribution is -2.03. The summed E-state index contributed by atoms with van der Waals surface area (Å²) in [6, 6.07) is 0.746. The maximum Gasteiger partial charge on any atom is 0.301 e. The van der Waals surface area contributed by atoms with Gasteiger partial charge in [0.25, 0.3) is 10.1 Å². The fourth-order valence-corrected chi connectivity index (χ4v) is 2.15. The summed E-state index contributed by atoms with van der Waals surface area (Å²) in [5.74, 6) is -2.40. The molecule has 0 saturated heterocycles. The predicted molar refractivity (Wildman–Crippen MR) is 49.4 cm³/mol. The fourth-order valence-electron chi connectivity index (χ4n) is 0.987. The van der Waals surface area contributed by atoms with Crippen molar-refractivity contribution in [3.05, 3.63) is 12.1 Å². The van der Waals surface area contributed by atoms with E-state index in [-0.39, 0.29) is 0 Å². The molecule has 0 aliphatic carbocycles. The quantitative estimate of drug-likeness (QED) is 0.530. The zero-order valence-electron chi connectivity index (χ0n) is 7.39. The summed E-state index contributed by atoms with van der Waals surface area (Å²) in [5.41, 5.74) is 0. The molecule has 0 atom stereocenters. The minimum Gasteiger partial charge on any atom is -0.506 e. The molecule has 1 rings (SSSR count). The van der Waals surface area contributed by atoms with Crippen LogP contribution in [0.3, 0.4) is 0 Å². The highest BCUT2D eigenvalue weighted by Crippen LogP contribution is 2.34. The molecule has 0 bridgehead atoms. The smallest absolute Gasteiger partial charge is 0.301 e. The number of benzene rings is 1. The molecule has 90 valence electrons. The summed E-state index contributed by atoms with van der Waals surface area (Å²) >= 11 is 0. The summed E-state index contributed by atoms with van der Waals surface area (Å²) in [5, 5.41) is 18.2. The third kappa shape index (κ3) is 2.41. The van der Waals surface area contributed by atoms with Crippen molar-refractivity contribution in [1.82, 2.24) is 0 Å². The van der Waals surface area contributed by atoms with E-state index in [9.17, 15) is 16.8 Å². The first kappa shape index (κ1) is 12.7. The summed E-state index contributed by atoms with van der Waals surface area (Å²) in [4.78, 5) is -2.14. The molecule has 0 saturated carbocycles. The van der Waals surface area contributed by atoms with E-state index >= 15 is 0 Å². The van der Waals surface area contributed by atoms with Crippen LogP contribution in [0.5, 0.6) is 11.5 Å². The first-order valence-corrected chi connectivity index (χ1v) is 6.42. The van der Waals surface area contributed by atoms with Crippen LogP contribution in [0, 0.1) is 0 Å². The average Bonchev–Trinajstić information content (AvgIpc) is 1.97. The van der Waals surface area contributed by atoms with Crippen LogP contribution in [-0.4, -0.2) is 36.2 Å².